The van der Waals surface area contributed by atoms with Crippen LogP contribution in [0.5, 0.6) is 5.75 Å². The zero-order chi connectivity index (χ0) is 19.3. The van der Waals surface area contributed by atoms with E-state index in [9.17, 15) is 0 Å². The summed E-state index contributed by atoms with van der Waals surface area (Å²) in [6, 6.07) is 14.8. The van der Waals surface area contributed by atoms with E-state index >= 15 is 0 Å². The minimum Gasteiger partial charge on any atom is -0.492 e. The summed E-state index contributed by atoms with van der Waals surface area (Å²) in [5.41, 5.74) is 4.86. The summed E-state index contributed by atoms with van der Waals surface area (Å²) in [6.45, 7) is 9.02. The Balaban J connectivity index is 1.50. The monoisotopic (exact) mass is 377 g/mol. The average molecular weight is 378 g/mol. The Morgan fingerprint density at radius 1 is 0.929 bits per heavy atom. The normalized spacial score (nSPS) is 15.6. The van der Waals surface area contributed by atoms with Gasteiger partial charge in [0, 0.05) is 0 Å². The molecule has 0 amide bonds. The Morgan fingerprint density at radius 3 is 2.50 bits per heavy atom. The molecule has 0 saturated carbocycles. The second-order valence-corrected chi connectivity index (χ2v) is 7.95. The van der Waals surface area contributed by atoms with Gasteiger partial charge in [-0.25, -0.2) is 4.98 Å². The van der Waals surface area contributed by atoms with Crippen LogP contribution in [0.4, 0.5) is 0 Å². The van der Waals surface area contributed by atoms with Crippen LogP contribution >= 0.6 is 0 Å². The maximum atomic E-state index is 6.07. The van der Waals surface area contributed by atoms with Gasteiger partial charge in [0.2, 0.25) is 0 Å². The fraction of sp³-hybridized carbons (Fsp3) is 0.458. The Labute approximate surface area is 168 Å². The van der Waals surface area contributed by atoms with Crippen molar-refractivity contribution >= 4 is 11.0 Å². The minimum atomic E-state index is 0.649. The predicted octanol–water partition coefficient (Wildman–Crippen LogP) is 5.11. The molecule has 1 aliphatic heterocycles. The van der Waals surface area contributed by atoms with Crippen LogP contribution in [0.15, 0.2) is 42.5 Å². The summed E-state index contributed by atoms with van der Waals surface area (Å²) < 4.78 is 8.42. The first-order valence-electron chi connectivity index (χ1n) is 10.6. The molecular formula is C24H31N3O. The number of rotatable bonds is 6. The molecule has 0 spiro atoms. The molecule has 2 aromatic carbocycles. The standard InChI is InChI=1S/C24H31N3O/c1-19-11-12-21(17-20(19)2)28-16-15-27-23-10-6-5-9-22(23)25-24(27)18-26-13-7-3-4-8-14-26/h5-6,9-12,17H,3-4,7-8,13-16,18H2,1-2H3. The van der Waals surface area contributed by atoms with Gasteiger partial charge in [0.25, 0.3) is 0 Å². The Kier molecular flexibility index (Phi) is 5.96. The maximum absolute atomic E-state index is 6.07. The van der Waals surface area contributed by atoms with E-state index in [0.29, 0.717) is 6.61 Å². The summed E-state index contributed by atoms with van der Waals surface area (Å²) in [4.78, 5) is 7.52. The third-order valence-electron chi connectivity index (χ3n) is 5.86. The number of ether oxygens (including phenoxy) is 1. The van der Waals surface area contributed by atoms with Crippen molar-refractivity contribution in [1.82, 2.24) is 14.5 Å². The van der Waals surface area contributed by atoms with E-state index in [0.717, 1.165) is 30.2 Å². The van der Waals surface area contributed by atoms with Crippen LogP contribution < -0.4 is 4.74 Å². The van der Waals surface area contributed by atoms with E-state index in [2.05, 4.69) is 65.8 Å². The highest BCUT2D eigenvalue weighted by Crippen LogP contribution is 2.20. The molecule has 2 heterocycles. The molecule has 1 aliphatic rings. The zero-order valence-electron chi connectivity index (χ0n) is 17.2. The van der Waals surface area contributed by atoms with Crippen LogP contribution in [0.25, 0.3) is 11.0 Å². The number of aryl methyl sites for hydroxylation is 2. The molecule has 0 N–H and O–H groups in total. The number of imidazole rings is 1. The highest BCUT2D eigenvalue weighted by molar-refractivity contribution is 5.75. The third-order valence-corrected chi connectivity index (χ3v) is 5.86. The first-order valence-corrected chi connectivity index (χ1v) is 10.6. The second-order valence-electron chi connectivity index (χ2n) is 7.95. The Morgan fingerprint density at radius 2 is 1.71 bits per heavy atom. The molecule has 148 valence electrons. The molecule has 1 aromatic heterocycles. The fourth-order valence-electron chi connectivity index (χ4n) is 4.05. The Hall–Kier alpha value is -2.33. The quantitative estimate of drug-likeness (QED) is 0.598. The fourth-order valence-corrected chi connectivity index (χ4v) is 4.05. The maximum Gasteiger partial charge on any atom is 0.124 e. The number of benzene rings is 2. The topological polar surface area (TPSA) is 30.3 Å². The molecule has 1 saturated heterocycles. The number of likely N-dealkylation sites (tertiary alicyclic amines) is 1. The lowest BCUT2D eigenvalue weighted by molar-refractivity contribution is 0.258. The molecular weight excluding hydrogens is 346 g/mol. The van der Waals surface area contributed by atoms with Gasteiger partial charge in [0.05, 0.1) is 24.1 Å². The van der Waals surface area contributed by atoms with Gasteiger partial charge in [-0.15, -0.1) is 0 Å². The van der Waals surface area contributed by atoms with E-state index in [1.165, 1.54) is 55.4 Å². The van der Waals surface area contributed by atoms with Crippen molar-refractivity contribution < 1.29 is 4.74 Å². The summed E-state index contributed by atoms with van der Waals surface area (Å²) in [7, 11) is 0. The largest absolute Gasteiger partial charge is 0.492 e. The van der Waals surface area contributed by atoms with Crippen molar-refractivity contribution in [1.29, 1.82) is 0 Å². The first-order chi connectivity index (χ1) is 13.7. The van der Waals surface area contributed by atoms with Gasteiger partial charge in [0.15, 0.2) is 0 Å². The predicted molar refractivity (Wildman–Crippen MR) is 115 cm³/mol. The molecule has 3 aromatic rings. The molecule has 28 heavy (non-hydrogen) atoms. The lowest BCUT2D eigenvalue weighted by Crippen LogP contribution is -2.26. The molecule has 4 nitrogen and oxygen atoms in total. The second kappa shape index (κ2) is 8.78. The molecule has 4 rings (SSSR count). The number of hydrogen-bond acceptors (Lipinski definition) is 3. The number of fused-ring (bicyclic) bond motifs is 1. The number of hydrogen-bond donors (Lipinski definition) is 0. The third kappa shape index (κ3) is 4.39. The van der Waals surface area contributed by atoms with Crippen molar-refractivity contribution in [3.8, 4) is 5.75 Å². The minimum absolute atomic E-state index is 0.649. The molecule has 1 fully saturated rings. The van der Waals surface area contributed by atoms with Crippen molar-refractivity contribution in [3.63, 3.8) is 0 Å². The van der Waals surface area contributed by atoms with Crippen LogP contribution in [0.2, 0.25) is 0 Å². The molecule has 0 bridgehead atoms. The molecule has 0 radical (unpaired) electrons. The lowest BCUT2D eigenvalue weighted by atomic mass is 10.1. The van der Waals surface area contributed by atoms with Crippen LogP contribution in [0.1, 0.15) is 42.6 Å². The van der Waals surface area contributed by atoms with Crippen molar-refractivity contribution in [2.24, 2.45) is 0 Å². The highest BCUT2D eigenvalue weighted by Gasteiger charge is 2.15. The smallest absolute Gasteiger partial charge is 0.124 e. The van der Waals surface area contributed by atoms with Crippen molar-refractivity contribution in [2.75, 3.05) is 19.7 Å². The van der Waals surface area contributed by atoms with E-state index in [1.807, 2.05) is 0 Å². The molecule has 0 aliphatic carbocycles. The number of para-hydroxylation sites is 2. The van der Waals surface area contributed by atoms with E-state index in [-0.39, 0.29) is 0 Å². The van der Waals surface area contributed by atoms with Gasteiger partial charge in [-0.3, -0.25) is 4.90 Å². The number of aromatic nitrogens is 2. The summed E-state index contributed by atoms with van der Waals surface area (Å²) >= 11 is 0. The van der Waals surface area contributed by atoms with Crippen LogP contribution in [-0.2, 0) is 13.1 Å². The summed E-state index contributed by atoms with van der Waals surface area (Å²) in [5, 5.41) is 0. The molecule has 0 unspecified atom stereocenters. The highest BCUT2D eigenvalue weighted by atomic mass is 16.5. The summed E-state index contributed by atoms with van der Waals surface area (Å²) in [6.07, 6.45) is 5.32. The van der Waals surface area contributed by atoms with E-state index in [1.54, 1.807) is 0 Å². The molecule has 0 atom stereocenters. The van der Waals surface area contributed by atoms with Gasteiger partial charge in [-0.05, 0) is 75.2 Å². The molecule has 4 heteroatoms. The van der Waals surface area contributed by atoms with Crippen molar-refractivity contribution in [3.05, 3.63) is 59.4 Å². The van der Waals surface area contributed by atoms with E-state index < -0.39 is 0 Å². The Bertz CT molecular complexity index is 923. The van der Waals surface area contributed by atoms with Gasteiger partial charge >= 0.3 is 0 Å². The van der Waals surface area contributed by atoms with Gasteiger partial charge in [-0.2, -0.15) is 0 Å². The van der Waals surface area contributed by atoms with Gasteiger partial charge in [0.1, 0.15) is 18.2 Å². The first kappa shape index (κ1) is 19.0. The zero-order valence-corrected chi connectivity index (χ0v) is 17.2. The summed E-state index contributed by atoms with van der Waals surface area (Å²) in [5.74, 6) is 2.10. The van der Waals surface area contributed by atoms with Crippen molar-refractivity contribution in [2.45, 2.75) is 52.6 Å². The van der Waals surface area contributed by atoms with Gasteiger partial charge < -0.3 is 9.30 Å². The number of nitrogens with zero attached hydrogens (tertiary/aromatic N) is 3. The SMILES string of the molecule is Cc1ccc(OCCn2c(CN3CCCCCC3)nc3ccccc32)cc1C. The lowest BCUT2D eigenvalue weighted by Gasteiger charge is -2.20. The van der Waals surface area contributed by atoms with E-state index in [4.69, 9.17) is 9.72 Å². The van der Waals surface area contributed by atoms with Crippen LogP contribution in [-0.4, -0.2) is 34.1 Å². The van der Waals surface area contributed by atoms with Crippen LogP contribution in [0.3, 0.4) is 0 Å². The van der Waals surface area contributed by atoms with Crippen LogP contribution in [0, 0.1) is 13.8 Å². The van der Waals surface area contributed by atoms with Gasteiger partial charge in [-0.1, -0.05) is 31.0 Å². The average Bonchev–Trinajstić information content (AvgIpc) is 2.85.